The molecule has 0 atom stereocenters. The number of nitriles is 1. The molecule has 0 saturated heterocycles. The lowest BCUT2D eigenvalue weighted by Gasteiger charge is -2.07. The topological polar surface area (TPSA) is 139 Å². The fraction of sp³-hybridized carbons (Fsp3) is 0. The van der Waals surface area contributed by atoms with Gasteiger partial charge in [0.1, 0.15) is 22.3 Å². The SMILES string of the molecule is N#C/C(=C\c1ccc(OS(=O)(=O)c2cccc([N+](=O)[O-])c2)cc1)C(=O)Nc1ccccc1. The Hall–Kier alpha value is -4.49. The molecule has 10 heteroatoms. The lowest BCUT2D eigenvalue weighted by atomic mass is 10.1. The van der Waals surface area contributed by atoms with Crippen LogP contribution in [0.3, 0.4) is 0 Å². The molecule has 160 valence electrons. The molecule has 0 aliphatic heterocycles. The molecule has 0 unspecified atom stereocenters. The summed E-state index contributed by atoms with van der Waals surface area (Å²) in [6.07, 6.45) is 1.34. The summed E-state index contributed by atoms with van der Waals surface area (Å²) in [6.45, 7) is 0. The Morgan fingerprint density at radius 3 is 2.34 bits per heavy atom. The van der Waals surface area contributed by atoms with Crippen LogP contribution >= 0.6 is 0 Å². The van der Waals surface area contributed by atoms with Gasteiger partial charge in [0.25, 0.3) is 11.6 Å². The van der Waals surface area contributed by atoms with Crippen molar-refractivity contribution in [2.24, 2.45) is 0 Å². The van der Waals surface area contributed by atoms with Gasteiger partial charge in [0.05, 0.1) is 4.92 Å². The third-order valence-electron chi connectivity index (χ3n) is 4.11. The highest BCUT2D eigenvalue weighted by Gasteiger charge is 2.20. The average Bonchev–Trinajstić information content (AvgIpc) is 2.79. The number of nitrogens with one attached hydrogen (secondary N) is 1. The van der Waals surface area contributed by atoms with Gasteiger partial charge in [-0.3, -0.25) is 14.9 Å². The molecule has 9 nitrogen and oxygen atoms in total. The molecule has 1 amide bonds. The average molecular weight is 449 g/mol. The van der Waals surface area contributed by atoms with E-state index >= 15 is 0 Å². The smallest absolute Gasteiger partial charge is 0.339 e. The van der Waals surface area contributed by atoms with Crippen molar-refractivity contribution in [3.8, 4) is 11.8 Å². The molecule has 0 aliphatic carbocycles. The minimum Gasteiger partial charge on any atom is -0.379 e. The maximum absolute atomic E-state index is 12.4. The van der Waals surface area contributed by atoms with Crippen LogP contribution in [0.15, 0.2) is 89.3 Å². The van der Waals surface area contributed by atoms with Crippen LogP contribution in [0.25, 0.3) is 6.08 Å². The number of rotatable bonds is 7. The zero-order valence-corrected chi connectivity index (χ0v) is 17.2. The van der Waals surface area contributed by atoms with Crippen LogP contribution in [-0.4, -0.2) is 19.2 Å². The molecule has 0 fully saturated rings. The third-order valence-corrected chi connectivity index (χ3v) is 5.35. The van der Waals surface area contributed by atoms with E-state index in [4.69, 9.17) is 4.18 Å². The molecule has 0 heterocycles. The summed E-state index contributed by atoms with van der Waals surface area (Å²) in [7, 11) is -4.29. The quantitative estimate of drug-likeness (QED) is 0.190. The Labute approximate surface area is 183 Å². The highest BCUT2D eigenvalue weighted by atomic mass is 32.2. The summed E-state index contributed by atoms with van der Waals surface area (Å²) in [5.74, 6) is -0.631. The zero-order valence-electron chi connectivity index (χ0n) is 16.3. The standard InChI is InChI=1S/C22H15N3O6S/c23-15-17(22(26)24-18-5-2-1-3-6-18)13-16-9-11-20(12-10-16)31-32(29,30)21-8-4-7-19(14-21)25(27)28/h1-14H,(H,24,26)/b17-13+. The summed E-state index contributed by atoms with van der Waals surface area (Å²) >= 11 is 0. The second-order valence-electron chi connectivity index (χ2n) is 6.35. The van der Waals surface area contributed by atoms with E-state index in [-0.39, 0.29) is 21.9 Å². The number of hydrogen-bond acceptors (Lipinski definition) is 7. The first kappa shape index (κ1) is 22.2. The van der Waals surface area contributed by atoms with Crippen molar-refractivity contribution in [3.63, 3.8) is 0 Å². The molecule has 0 radical (unpaired) electrons. The molecule has 0 aromatic heterocycles. The van der Waals surface area contributed by atoms with Crippen molar-refractivity contribution >= 4 is 33.5 Å². The number of para-hydroxylation sites is 1. The van der Waals surface area contributed by atoms with E-state index in [1.54, 1.807) is 30.3 Å². The molecule has 0 bridgehead atoms. The number of non-ortho nitro benzene ring substituents is 1. The van der Waals surface area contributed by atoms with Crippen molar-refractivity contribution in [3.05, 3.63) is 100 Å². The van der Waals surface area contributed by atoms with E-state index < -0.39 is 20.9 Å². The van der Waals surface area contributed by atoms with E-state index in [0.29, 0.717) is 11.3 Å². The Balaban J connectivity index is 1.75. The third kappa shape index (κ3) is 5.56. The van der Waals surface area contributed by atoms with Crippen LogP contribution in [0, 0.1) is 21.4 Å². The van der Waals surface area contributed by atoms with Gasteiger partial charge >= 0.3 is 10.1 Å². The lowest BCUT2D eigenvalue weighted by molar-refractivity contribution is -0.385. The summed E-state index contributed by atoms with van der Waals surface area (Å²) < 4.78 is 29.8. The fourth-order valence-electron chi connectivity index (χ4n) is 2.58. The van der Waals surface area contributed by atoms with Gasteiger partial charge in [-0.2, -0.15) is 13.7 Å². The number of anilines is 1. The minimum atomic E-state index is -4.29. The summed E-state index contributed by atoms with van der Waals surface area (Å²) in [6, 6.07) is 20.6. The Kier molecular flexibility index (Phi) is 6.62. The Morgan fingerprint density at radius 1 is 1.03 bits per heavy atom. The van der Waals surface area contributed by atoms with E-state index in [0.717, 1.165) is 6.07 Å². The number of nitrogens with zero attached hydrogens (tertiary/aromatic N) is 2. The molecular weight excluding hydrogens is 434 g/mol. The summed E-state index contributed by atoms with van der Waals surface area (Å²) in [4.78, 5) is 22.1. The monoisotopic (exact) mass is 449 g/mol. The predicted molar refractivity (Wildman–Crippen MR) is 116 cm³/mol. The van der Waals surface area contributed by atoms with Gasteiger partial charge in [0.2, 0.25) is 0 Å². The molecule has 0 aliphatic rings. The van der Waals surface area contributed by atoms with Crippen LogP contribution < -0.4 is 9.50 Å². The van der Waals surface area contributed by atoms with Gasteiger partial charge in [-0.25, -0.2) is 0 Å². The van der Waals surface area contributed by atoms with E-state index in [9.17, 15) is 28.6 Å². The van der Waals surface area contributed by atoms with Crippen LogP contribution in [0.1, 0.15) is 5.56 Å². The molecular formula is C22H15N3O6S. The Morgan fingerprint density at radius 2 is 1.72 bits per heavy atom. The van der Waals surface area contributed by atoms with Crippen LogP contribution in [0.5, 0.6) is 5.75 Å². The van der Waals surface area contributed by atoms with Gasteiger partial charge in [-0.15, -0.1) is 0 Å². The van der Waals surface area contributed by atoms with Gasteiger partial charge in [-0.05, 0) is 42.0 Å². The van der Waals surface area contributed by atoms with Gasteiger partial charge < -0.3 is 9.50 Å². The first-order valence-corrected chi connectivity index (χ1v) is 10.5. The number of carbonyl (C=O) groups excluding carboxylic acids is 1. The normalized spacial score (nSPS) is 11.3. The molecule has 1 N–H and O–H groups in total. The number of benzene rings is 3. The maximum atomic E-state index is 12.4. The van der Waals surface area contributed by atoms with Gasteiger partial charge in [-0.1, -0.05) is 36.4 Å². The van der Waals surface area contributed by atoms with E-state index in [2.05, 4.69) is 5.32 Å². The van der Waals surface area contributed by atoms with Crippen molar-refractivity contribution in [1.29, 1.82) is 5.26 Å². The van der Waals surface area contributed by atoms with Crippen LogP contribution in [0.2, 0.25) is 0 Å². The number of nitro benzene ring substituents is 1. The van der Waals surface area contributed by atoms with Crippen molar-refractivity contribution in [2.45, 2.75) is 4.90 Å². The molecule has 0 spiro atoms. The minimum absolute atomic E-state index is 0.0408. The van der Waals surface area contributed by atoms with Crippen molar-refractivity contribution < 1.29 is 22.3 Å². The van der Waals surface area contributed by atoms with Gasteiger partial charge in [0.15, 0.2) is 0 Å². The Bertz CT molecular complexity index is 1330. The number of nitro groups is 1. The summed E-state index contributed by atoms with van der Waals surface area (Å²) in [5.41, 5.74) is 0.471. The number of amides is 1. The van der Waals surface area contributed by atoms with E-state index in [1.165, 1.54) is 48.5 Å². The van der Waals surface area contributed by atoms with Gasteiger partial charge in [0, 0.05) is 17.8 Å². The fourth-order valence-corrected chi connectivity index (χ4v) is 3.55. The number of carbonyl (C=O) groups is 1. The zero-order chi connectivity index (χ0) is 23.1. The second kappa shape index (κ2) is 9.55. The highest BCUT2D eigenvalue weighted by Crippen LogP contribution is 2.23. The lowest BCUT2D eigenvalue weighted by Crippen LogP contribution is -2.13. The highest BCUT2D eigenvalue weighted by molar-refractivity contribution is 7.87. The first-order chi connectivity index (χ1) is 15.3. The maximum Gasteiger partial charge on any atom is 0.339 e. The first-order valence-electron chi connectivity index (χ1n) is 9.06. The van der Waals surface area contributed by atoms with Crippen LogP contribution in [-0.2, 0) is 14.9 Å². The molecule has 3 aromatic carbocycles. The van der Waals surface area contributed by atoms with Crippen molar-refractivity contribution in [2.75, 3.05) is 5.32 Å². The van der Waals surface area contributed by atoms with Crippen LogP contribution in [0.4, 0.5) is 11.4 Å². The molecule has 0 saturated carbocycles. The van der Waals surface area contributed by atoms with E-state index in [1.807, 2.05) is 6.07 Å². The molecule has 3 aromatic rings. The van der Waals surface area contributed by atoms with Crippen molar-refractivity contribution in [1.82, 2.24) is 0 Å². The summed E-state index contributed by atoms with van der Waals surface area (Å²) in [5, 5.41) is 22.8. The molecule has 3 rings (SSSR count). The largest absolute Gasteiger partial charge is 0.379 e. The predicted octanol–water partition coefficient (Wildman–Crippen LogP) is 3.91. The second-order valence-corrected chi connectivity index (χ2v) is 7.90. The number of hydrogen-bond donors (Lipinski definition) is 1. The molecule has 32 heavy (non-hydrogen) atoms.